The fraction of sp³-hybridized carbons (Fsp3) is 0.500. The summed E-state index contributed by atoms with van der Waals surface area (Å²) in [5.41, 5.74) is 4.05. The Morgan fingerprint density at radius 3 is 2.43 bits per heavy atom. The highest BCUT2D eigenvalue weighted by atomic mass is 15.3. The van der Waals surface area contributed by atoms with E-state index in [1.165, 1.54) is 11.3 Å². The Balaban J connectivity index is 1.66. The molecule has 7 heteroatoms. The van der Waals surface area contributed by atoms with E-state index >= 15 is 0 Å². The van der Waals surface area contributed by atoms with E-state index in [1.807, 2.05) is 11.7 Å². The summed E-state index contributed by atoms with van der Waals surface area (Å²) in [6, 6.07) is 2.12. The van der Waals surface area contributed by atoms with Crippen LogP contribution in [0.3, 0.4) is 0 Å². The average Bonchev–Trinajstić information content (AvgIpc) is 2.82. The first-order chi connectivity index (χ1) is 11.1. The van der Waals surface area contributed by atoms with Gasteiger partial charge in [0.1, 0.15) is 6.07 Å². The average molecular weight is 311 g/mol. The van der Waals surface area contributed by atoms with Gasteiger partial charge in [-0.15, -0.1) is 0 Å². The van der Waals surface area contributed by atoms with Crippen molar-refractivity contribution in [2.45, 2.75) is 20.4 Å². The van der Waals surface area contributed by atoms with E-state index in [4.69, 9.17) is 5.26 Å². The number of hydrogen-bond donors (Lipinski definition) is 0. The molecular weight excluding hydrogens is 290 g/mol. The number of hydrogen-bond acceptors (Lipinski definition) is 6. The minimum absolute atomic E-state index is 0.403. The quantitative estimate of drug-likeness (QED) is 0.842. The molecule has 0 unspecified atom stereocenters. The molecule has 0 radical (unpaired) electrons. The molecule has 0 aliphatic carbocycles. The SMILES string of the molecule is Cc1nn(C)c(C)c1CN1CCN(c2nccnc2C#N)CC1. The molecule has 1 aliphatic heterocycles. The van der Waals surface area contributed by atoms with Crippen LogP contribution < -0.4 is 4.90 Å². The van der Waals surface area contributed by atoms with Gasteiger partial charge in [0.2, 0.25) is 0 Å². The number of anilines is 1. The van der Waals surface area contributed by atoms with Gasteiger partial charge in [-0.2, -0.15) is 10.4 Å². The lowest BCUT2D eigenvalue weighted by molar-refractivity contribution is 0.248. The van der Waals surface area contributed by atoms with Crippen LogP contribution in [0.25, 0.3) is 0 Å². The van der Waals surface area contributed by atoms with Crippen LogP contribution in [-0.2, 0) is 13.6 Å². The Morgan fingerprint density at radius 2 is 1.83 bits per heavy atom. The van der Waals surface area contributed by atoms with Crippen molar-refractivity contribution in [1.29, 1.82) is 5.26 Å². The van der Waals surface area contributed by atoms with Crippen molar-refractivity contribution in [3.8, 4) is 6.07 Å². The van der Waals surface area contributed by atoms with Crippen LogP contribution in [-0.4, -0.2) is 50.8 Å². The van der Waals surface area contributed by atoms with Crippen LogP contribution in [0.2, 0.25) is 0 Å². The third kappa shape index (κ3) is 3.03. The molecule has 1 aliphatic rings. The van der Waals surface area contributed by atoms with Crippen LogP contribution in [0, 0.1) is 25.2 Å². The van der Waals surface area contributed by atoms with Crippen molar-refractivity contribution in [1.82, 2.24) is 24.6 Å². The summed E-state index contributed by atoms with van der Waals surface area (Å²) in [4.78, 5) is 13.0. The van der Waals surface area contributed by atoms with Gasteiger partial charge in [0.05, 0.1) is 5.69 Å². The molecule has 3 rings (SSSR count). The number of piperazine rings is 1. The van der Waals surface area contributed by atoms with E-state index in [9.17, 15) is 0 Å². The fourth-order valence-electron chi connectivity index (χ4n) is 3.03. The Kier molecular flexibility index (Phi) is 4.26. The zero-order chi connectivity index (χ0) is 16.4. The molecule has 23 heavy (non-hydrogen) atoms. The summed E-state index contributed by atoms with van der Waals surface area (Å²) in [6.45, 7) is 8.69. The van der Waals surface area contributed by atoms with E-state index in [2.05, 4.69) is 44.8 Å². The molecule has 1 fully saturated rings. The van der Waals surface area contributed by atoms with Crippen LogP contribution in [0.4, 0.5) is 5.82 Å². The smallest absolute Gasteiger partial charge is 0.183 e. The van der Waals surface area contributed by atoms with Gasteiger partial charge < -0.3 is 4.90 Å². The number of aryl methyl sites for hydroxylation is 2. The van der Waals surface area contributed by atoms with E-state index in [0.717, 1.165) is 38.4 Å². The molecule has 120 valence electrons. The first kappa shape index (κ1) is 15.4. The minimum Gasteiger partial charge on any atom is -0.352 e. The predicted molar refractivity (Wildman–Crippen MR) is 86.9 cm³/mol. The summed E-state index contributed by atoms with van der Waals surface area (Å²) in [7, 11) is 1.99. The highest BCUT2D eigenvalue weighted by Gasteiger charge is 2.22. The molecular formula is C16H21N7. The highest BCUT2D eigenvalue weighted by molar-refractivity contribution is 5.49. The number of aromatic nitrogens is 4. The van der Waals surface area contributed by atoms with Gasteiger partial charge in [-0.3, -0.25) is 9.58 Å². The molecule has 1 saturated heterocycles. The normalized spacial score (nSPS) is 15.7. The van der Waals surface area contributed by atoms with Crippen LogP contribution in [0.1, 0.15) is 22.6 Å². The lowest BCUT2D eigenvalue weighted by atomic mass is 10.1. The number of nitriles is 1. The van der Waals surface area contributed by atoms with Crippen molar-refractivity contribution in [2.24, 2.45) is 7.05 Å². The molecule has 0 atom stereocenters. The minimum atomic E-state index is 0.403. The van der Waals surface area contributed by atoms with Crippen LogP contribution in [0.15, 0.2) is 12.4 Å². The lowest BCUT2D eigenvalue weighted by Crippen LogP contribution is -2.46. The molecule has 0 amide bonds. The summed E-state index contributed by atoms with van der Waals surface area (Å²) >= 11 is 0. The van der Waals surface area contributed by atoms with E-state index in [-0.39, 0.29) is 0 Å². The summed E-state index contributed by atoms with van der Waals surface area (Å²) < 4.78 is 1.94. The Bertz CT molecular complexity index is 735. The number of rotatable bonds is 3. The van der Waals surface area contributed by atoms with Crippen LogP contribution in [0.5, 0.6) is 0 Å². The third-order valence-electron chi connectivity index (χ3n) is 4.50. The molecule has 0 N–H and O–H groups in total. The molecule has 7 nitrogen and oxygen atoms in total. The summed E-state index contributed by atoms with van der Waals surface area (Å²) in [5, 5.41) is 13.6. The van der Waals surface area contributed by atoms with Crippen molar-refractivity contribution in [3.63, 3.8) is 0 Å². The highest BCUT2D eigenvalue weighted by Crippen LogP contribution is 2.19. The van der Waals surface area contributed by atoms with E-state index < -0.39 is 0 Å². The maximum atomic E-state index is 9.16. The second kappa shape index (κ2) is 6.34. The van der Waals surface area contributed by atoms with E-state index in [1.54, 1.807) is 12.4 Å². The Labute approximate surface area is 136 Å². The third-order valence-corrected chi connectivity index (χ3v) is 4.50. The second-order valence-corrected chi connectivity index (χ2v) is 5.88. The van der Waals surface area contributed by atoms with Crippen molar-refractivity contribution in [2.75, 3.05) is 31.1 Å². The van der Waals surface area contributed by atoms with E-state index in [0.29, 0.717) is 11.5 Å². The van der Waals surface area contributed by atoms with Gasteiger partial charge in [0.25, 0.3) is 0 Å². The lowest BCUT2D eigenvalue weighted by Gasteiger charge is -2.35. The van der Waals surface area contributed by atoms with Gasteiger partial charge in [-0.05, 0) is 13.8 Å². The maximum absolute atomic E-state index is 9.16. The Morgan fingerprint density at radius 1 is 1.13 bits per heavy atom. The van der Waals surface area contributed by atoms with Gasteiger partial charge in [0, 0.05) is 63.4 Å². The van der Waals surface area contributed by atoms with Gasteiger partial charge in [0.15, 0.2) is 11.5 Å². The van der Waals surface area contributed by atoms with Crippen LogP contribution >= 0.6 is 0 Å². The molecule has 2 aromatic rings. The molecule has 3 heterocycles. The van der Waals surface area contributed by atoms with Gasteiger partial charge >= 0.3 is 0 Å². The van der Waals surface area contributed by atoms with Crippen molar-refractivity contribution in [3.05, 3.63) is 35.0 Å². The topological polar surface area (TPSA) is 73.9 Å². The fourth-order valence-corrected chi connectivity index (χ4v) is 3.03. The monoisotopic (exact) mass is 311 g/mol. The molecule has 0 saturated carbocycles. The van der Waals surface area contributed by atoms with Crippen molar-refractivity contribution >= 4 is 5.82 Å². The van der Waals surface area contributed by atoms with Gasteiger partial charge in [-0.25, -0.2) is 9.97 Å². The summed E-state index contributed by atoms with van der Waals surface area (Å²) in [5.74, 6) is 0.698. The molecule has 0 aromatic carbocycles. The first-order valence-electron chi connectivity index (χ1n) is 7.77. The van der Waals surface area contributed by atoms with Crippen molar-refractivity contribution < 1.29 is 0 Å². The maximum Gasteiger partial charge on any atom is 0.183 e. The van der Waals surface area contributed by atoms with Gasteiger partial charge in [-0.1, -0.05) is 0 Å². The predicted octanol–water partition coefficient (Wildman–Crippen LogP) is 1.02. The summed E-state index contributed by atoms with van der Waals surface area (Å²) in [6.07, 6.45) is 3.21. The second-order valence-electron chi connectivity index (χ2n) is 5.88. The largest absolute Gasteiger partial charge is 0.352 e. The Hall–Kier alpha value is -2.46. The molecule has 0 bridgehead atoms. The zero-order valence-corrected chi connectivity index (χ0v) is 13.8. The first-order valence-corrected chi connectivity index (χ1v) is 7.77. The number of nitrogens with zero attached hydrogens (tertiary/aromatic N) is 7. The zero-order valence-electron chi connectivity index (χ0n) is 13.8. The standard InChI is InChI=1S/C16H21N7/c1-12-14(13(2)21(3)20-12)11-22-6-8-23(9-7-22)16-15(10-17)18-4-5-19-16/h4-5H,6-9,11H2,1-3H3. The molecule has 2 aromatic heterocycles. The molecule has 0 spiro atoms.